The molecule has 1 aliphatic rings. The molecule has 2 heterocycles. The molecule has 2 aromatic rings. The van der Waals surface area contributed by atoms with E-state index < -0.39 is 5.82 Å². The summed E-state index contributed by atoms with van der Waals surface area (Å²) in [5, 5.41) is 7.28. The summed E-state index contributed by atoms with van der Waals surface area (Å²) >= 11 is 5.75. The van der Waals surface area contributed by atoms with Gasteiger partial charge in [0.1, 0.15) is 5.82 Å². The molecule has 1 fully saturated rings. The summed E-state index contributed by atoms with van der Waals surface area (Å²) in [5.41, 5.74) is 0.653. The highest BCUT2D eigenvalue weighted by atomic mass is 35.5. The maximum atomic E-state index is 13.1. The van der Waals surface area contributed by atoms with Crippen molar-refractivity contribution in [1.82, 2.24) is 15.5 Å². The van der Waals surface area contributed by atoms with Crippen molar-refractivity contribution in [1.29, 1.82) is 0 Å². The minimum Gasteiger partial charge on any atom is -0.339 e. The Kier molecular flexibility index (Phi) is 3.24. The molecular formula is C13H13ClFN3O. The lowest BCUT2D eigenvalue weighted by Gasteiger charge is -2.07. The van der Waals surface area contributed by atoms with Crippen molar-refractivity contribution in [3.05, 3.63) is 34.9 Å². The summed E-state index contributed by atoms with van der Waals surface area (Å²) in [6.07, 6.45) is 0. The fraction of sp³-hybridized carbons (Fsp3) is 0.385. The van der Waals surface area contributed by atoms with Gasteiger partial charge < -0.3 is 9.84 Å². The lowest BCUT2D eigenvalue weighted by atomic mass is 9.98. The molecule has 19 heavy (non-hydrogen) atoms. The summed E-state index contributed by atoms with van der Waals surface area (Å²) in [6, 6.07) is 4.39. The van der Waals surface area contributed by atoms with Crippen molar-refractivity contribution in [3.8, 4) is 11.4 Å². The number of halogens is 2. The number of nitrogens with one attached hydrogen (secondary N) is 1. The number of hydrogen-bond donors (Lipinski definition) is 1. The molecular weight excluding hydrogens is 269 g/mol. The van der Waals surface area contributed by atoms with Gasteiger partial charge >= 0.3 is 0 Å². The van der Waals surface area contributed by atoms with Crippen LogP contribution >= 0.6 is 11.6 Å². The predicted octanol–water partition coefficient (Wildman–Crippen LogP) is 2.85. The van der Waals surface area contributed by atoms with Gasteiger partial charge in [0.15, 0.2) is 0 Å². The molecule has 2 atom stereocenters. The normalized spacial score (nSPS) is 22.9. The van der Waals surface area contributed by atoms with Crippen LogP contribution in [0.4, 0.5) is 4.39 Å². The van der Waals surface area contributed by atoms with Crippen LogP contribution in [0.5, 0.6) is 0 Å². The van der Waals surface area contributed by atoms with E-state index in [-0.39, 0.29) is 10.9 Å². The Balaban J connectivity index is 1.90. The van der Waals surface area contributed by atoms with Crippen LogP contribution in [-0.2, 0) is 0 Å². The van der Waals surface area contributed by atoms with Gasteiger partial charge in [-0.15, -0.1) is 0 Å². The van der Waals surface area contributed by atoms with Crippen molar-refractivity contribution < 1.29 is 8.91 Å². The molecule has 1 N–H and O–H groups in total. The highest BCUT2D eigenvalue weighted by Gasteiger charge is 2.29. The standard InChI is InChI=1S/C13H13ClFN3O/c1-7-5-16-6-9(7)13-17-12(18-19-13)8-2-3-11(15)10(14)4-8/h2-4,7,9,16H,5-6H2,1H3. The average Bonchev–Trinajstić information content (AvgIpc) is 3.01. The van der Waals surface area contributed by atoms with E-state index in [1.807, 2.05) is 0 Å². The number of hydrogen-bond acceptors (Lipinski definition) is 4. The minimum atomic E-state index is -0.456. The summed E-state index contributed by atoms with van der Waals surface area (Å²) < 4.78 is 18.4. The maximum absolute atomic E-state index is 13.1. The minimum absolute atomic E-state index is 0.0553. The SMILES string of the molecule is CC1CNCC1c1nc(-c2ccc(F)c(Cl)c2)no1. The van der Waals surface area contributed by atoms with Crippen molar-refractivity contribution in [2.45, 2.75) is 12.8 Å². The van der Waals surface area contributed by atoms with Crippen molar-refractivity contribution in [2.24, 2.45) is 5.92 Å². The van der Waals surface area contributed by atoms with Gasteiger partial charge in [-0.25, -0.2) is 4.39 Å². The third kappa shape index (κ3) is 2.35. The van der Waals surface area contributed by atoms with Gasteiger partial charge in [0, 0.05) is 12.1 Å². The monoisotopic (exact) mass is 281 g/mol. The Morgan fingerprint density at radius 2 is 2.26 bits per heavy atom. The fourth-order valence-electron chi connectivity index (χ4n) is 2.28. The summed E-state index contributed by atoms with van der Waals surface area (Å²) in [4.78, 5) is 4.38. The number of nitrogens with zero attached hydrogens (tertiary/aromatic N) is 2. The van der Waals surface area contributed by atoms with Crippen LogP contribution in [0.1, 0.15) is 18.7 Å². The van der Waals surface area contributed by atoms with Crippen LogP contribution in [-0.4, -0.2) is 23.2 Å². The third-order valence-electron chi connectivity index (χ3n) is 3.45. The second kappa shape index (κ2) is 4.90. The molecule has 0 amide bonds. The van der Waals surface area contributed by atoms with E-state index in [0.29, 0.717) is 23.2 Å². The first kappa shape index (κ1) is 12.6. The van der Waals surface area contributed by atoms with Crippen LogP contribution in [0, 0.1) is 11.7 Å². The van der Waals surface area contributed by atoms with Gasteiger partial charge in [-0.3, -0.25) is 0 Å². The average molecular weight is 282 g/mol. The molecule has 100 valence electrons. The molecule has 1 aromatic heterocycles. The van der Waals surface area contributed by atoms with E-state index in [1.165, 1.54) is 12.1 Å². The molecule has 1 aliphatic heterocycles. The highest BCUT2D eigenvalue weighted by molar-refractivity contribution is 6.31. The molecule has 1 aromatic carbocycles. The first-order valence-electron chi connectivity index (χ1n) is 6.15. The Hall–Kier alpha value is -1.46. The van der Waals surface area contributed by atoms with Crippen LogP contribution < -0.4 is 5.32 Å². The molecule has 4 nitrogen and oxygen atoms in total. The molecule has 0 spiro atoms. The molecule has 0 aliphatic carbocycles. The fourth-order valence-corrected chi connectivity index (χ4v) is 2.46. The lowest BCUT2D eigenvalue weighted by molar-refractivity contribution is 0.340. The van der Waals surface area contributed by atoms with E-state index in [1.54, 1.807) is 6.07 Å². The Morgan fingerprint density at radius 1 is 1.42 bits per heavy atom. The summed E-state index contributed by atoms with van der Waals surface area (Å²) in [6.45, 7) is 3.93. The first-order valence-corrected chi connectivity index (χ1v) is 6.52. The third-order valence-corrected chi connectivity index (χ3v) is 3.74. The molecule has 6 heteroatoms. The quantitative estimate of drug-likeness (QED) is 0.920. The molecule has 3 rings (SSSR count). The number of benzene rings is 1. The second-order valence-electron chi connectivity index (χ2n) is 4.83. The molecule has 0 saturated carbocycles. The zero-order valence-corrected chi connectivity index (χ0v) is 11.1. The summed E-state index contributed by atoms with van der Waals surface area (Å²) in [7, 11) is 0. The van der Waals surface area contributed by atoms with E-state index in [2.05, 4.69) is 22.4 Å². The molecule has 0 bridgehead atoms. The van der Waals surface area contributed by atoms with Gasteiger partial charge in [0.25, 0.3) is 0 Å². The van der Waals surface area contributed by atoms with Gasteiger partial charge in [-0.1, -0.05) is 23.7 Å². The van der Waals surface area contributed by atoms with Crippen LogP contribution in [0.2, 0.25) is 5.02 Å². The first-order chi connectivity index (χ1) is 9.15. The Morgan fingerprint density at radius 3 is 2.95 bits per heavy atom. The smallest absolute Gasteiger partial charge is 0.231 e. The van der Waals surface area contributed by atoms with E-state index in [9.17, 15) is 4.39 Å². The van der Waals surface area contributed by atoms with Crippen molar-refractivity contribution >= 4 is 11.6 Å². The lowest BCUT2D eigenvalue weighted by Crippen LogP contribution is -2.08. The van der Waals surface area contributed by atoms with Crippen LogP contribution in [0.15, 0.2) is 22.7 Å². The second-order valence-corrected chi connectivity index (χ2v) is 5.23. The van der Waals surface area contributed by atoms with Crippen LogP contribution in [0.3, 0.4) is 0 Å². The van der Waals surface area contributed by atoms with Crippen LogP contribution in [0.25, 0.3) is 11.4 Å². The van der Waals surface area contributed by atoms with Crippen molar-refractivity contribution in [2.75, 3.05) is 13.1 Å². The zero-order valence-electron chi connectivity index (χ0n) is 10.4. The Labute approximate surface area is 115 Å². The number of aromatic nitrogens is 2. The Bertz CT molecular complexity index is 601. The molecule has 0 radical (unpaired) electrons. The van der Waals surface area contributed by atoms with E-state index >= 15 is 0 Å². The zero-order chi connectivity index (χ0) is 13.4. The topological polar surface area (TPSA) is 51.0 Å². The van der Waals surface area contributed by atoms with Gasteiger partial charge in [-0.05, 0) is 30.7 Å². The summed E-state index contributed by atoms with van der Waals surface area (Å²) in [5.74, 6) is 1.30. The van der Waals surface area contributed by atoms with Gasteiger partial charge in [0.05, 0.1) is 10.9 Å². The predicted molar refractivity (Wildman–Crippen MR) is 69.5 cm³/mol. The number of rotatable bonds is 2. The van der Waals surface area contributed by atoms with Crippen molar-refractivity contribution in [3.63, 3.8) is 0 Å². The van der Waals surface area contributed by atoms with E-state index in [0.717, 1.165) is 13.1 Å². The van der Waals surface area contributed by atoms with Gasteiger partial charge in [-0.2, -0.15) is 4.98 Å². The maximum Gasteiger partial charge on any atom is 0.231 e. The largest absolute Gasteiger partial charge is 0.339 e. The van der Waals surface area contributed by atoms with Gasteiger partial charge in [0.2, 0.25) is 11.7 Å². The molecule has 1 saturated heterocycles. The molecule has 2 unspecified atom stereocenters. The highest BCUT2D eigenvalue weighted by Crippen LogP contribution is 2.29. The van der Waals surface area contributed by atoms with E-state index in [4.69, 9.17) is 16.1 Å².